The highest BCUT2D eigenvalue weighted by molar-refractivity contribution is 5.77. The van der Waals surface area contributed by atoms with Crippen LogP contribution in [0.4, 0.5) is 22.4 Å². The molecule has 0 heterocycles. The Morgan fingerprint density at radius 2 is 1.74 bits per heavy atom. The lowest BCUT2D eigenvalue weighted by Gasteiger charge is -2.24. The number of ether oxygens (including phenoxy) is 2. The normalized spacial score (nSPS) is 12.7. The molecule has 0 aliphatic rings. The third kappa shape index (κ3) is 7.36. The van der Waals surface area contributed by atoms with Crippen LogP contribution >= 0.6 is 0 Å². The number of phenols is 1. The van der Waals surface area contributed by atoms with Gasteiger partial charge < -0.3 is 19.9 Å². The zero-order chi connectivity index (χ0) is 25.8. The number of halogens is 4. The Labute approximate surface area is 194 Å². The predicted molar refractivity (Wildman–Crippen MR) is 117 cm³/mol. The average Bonchev–Trinajstić information content (AvgIpc) is 2.64. The van der Waals surface area contributed by atoms with Gasteiger partial charge in [-0.2, -0.15) is 13.2 Å². The summed E-state index contributed by atoms with van der Waals surface area (Å²) < 4.78 is 64.9. The van der Waals surface area contributed by atoms with Crippen molar-refractivity contribution >= 4 is 12.1 Å². The molecule has 0 radical (unpaired) electrons. The zero-order valence-electron chi connectivity index (χ0n) is 19.5. The number of nitrogens with one attached hydrogen (secondary N) is 1. The lowest BCUT2D eigenvalue weighted by Crippen LogP contribution is -2.36. The molecule has 0 bridgehead atoms. The molecule has 0 aliphatic heterocycles. The van der Waals surface area contributed by atoms with Crippen LogP contribution in [-0.4, -0.2) is 29.4 Å². The van der Waals surface area contributed by atoms with Gasteiger partial charge >= 0.3 is 18.2 Å². The van der Waals surface area contributed by atoms with Crippen LogP contribution in [0, 0.1) is 12.7 Å². The first-order chi connectivity index (χ1) is 15.6. The van der Waals surface area contributed by atoms with Crippen molar-refractivity contribution in [2.45, 2.75) is 58.9 Å². The van der Waals surface area contributed by atoms with Crippen molar-refractivity contribution in [3.05, 3.63) is 52.8 Å². The minimum absolute atomic E-state index is 0.0131. The van der Waals surface area contributed by atoms with Crippen LogP contribution in [0.5, 0.6) is 5.75 Å². The van der Waals surface area contributed by atoms with E-state index in [4.69, 9.17) is 9.47 Å². The van der Waals surface area contributed by atoms with Gasteiger partial charge in [0.1, 0.15) is 17.2 Å². The summed E-state index contributed by atoms with van der Waals surface area (Å²) in [7, 11) is 0. The Bertz CT molecular complexity index is 1040. The van der Waals surface area contributed by atoms with Crippen LogP contribution in [0.1, 0.15) is 56.8 Å². The van der Waals surface area contributed by atoms with Gasteiger partial charge in [0, 0.05) is 11.6 Å². The highest BCUT2D eigenvalue weighted by atomic mass is 19.4. The summed E-state index contributed by atoms with van der Waals surface area (Å²) in [4.78, 5) is 24.5. The molecule has 34 heavy (non-hydrogen) atoms. The molecule has 2 aromatic rings. The minimum Gasteiger partial charge on any atom is -0.507 e. The number of aromatic hydroxyl groups is 1. The topological polar surface area (TPSA) is 84.9 Å². The second-order valence-electron chi connectivity index (χ2n) is 8.67. The standard InChI is InChI=1S/C24H27F4NO5/c1-6-33-20(31)12-18(29-22(32)34-23(3,4)5)14-8-15(10-16(9-14)24(26,27)28)21-13(2)7-17(25)11-19(21)30/h7-11,18,30H,6,12H2,1-5H3,(H,29,32)/t18-/m0/s1. The molecule has 0 fully saturated rings. The number of carbonyl (C=O) groups excluding carboxylic acids is 2. The van der Waals surface area contributed by atoms with E-state index in [1.54, 1.807) is 27.7 Å². The monoisotopic (exact) mass is 485 g/mol. The van der Waals surface area contributed by atoms with Gasteiger partial charge in [0.2, 0.25) is 0 Å². The van der Waals surface area contributed by atoms with Crippen molar-refractivity contribution in [3.63, 3.8) is 0 Å². The van der Waals surface area contributed by atoms with Gasteiger partial charge in [-0.15, -0.1) is 0 Å². The minimum atomic E-state index is -4.78. The molecule has 2 N–H and O–H groups in total. The summed E-state index contributed by atoms with van der Waals surface area (Å²) >= 11 is 0. The molecule has 0 aromatic heterocycles. The molecule has 0 unspecified atom stereocenters. The fraction of sp³-hybridized carbons (Fsp3) is 0.417. The highest BCUT2D eigenvalue weighted by Crippen LogP contribution is 2.39. The number of aryl methyl sites for hydroxylation is 1. The molecule has 0 spiro atoms. The van der Waals surface area contributed by atoms with Crippen LogP contribution in [-0.2, 0) is 20.4 Å². The molecule has 0 saturated heterocycles. The van der Waals surface area contributed by atoms with E-state index < -0.39 is 53.4 Å². The molecular weight excluding hydrogens is 458 g/mol. The summed E-state index contributed by atoms with van der Waals surface area (Å²) in [6.45, 7) is 7.86. The summed E-state index contributed by atoms with van der Waals surface area (Å²) in [6, 6.07) is 3.51. The Kier molecular flexibility index (Phi) is 8.18. The molecule has 2 rings (SSSR count). The Morgan fingerprint density at radius 1 is 1.09 bits per heavy atom. The molecule has 0 aliphatic carbocycles. The van der Waals surface area contributed by atoms with Gasteiger partial charge in [0.25, 0.3) is 0 Å². The molecule has 1 amide bonds. The Hall–Kier alpha value is -3.30. The number of amides is 1. The van der Waals surface area contributed by atoms with Crippen LogP contribution < -0.4 is 5.32 Å². The van der Waals surface area contributed by atoms with Gasteiger partial charge in [-0.1, -0.05) is 0 Å². The van der Waals surface area contributed by atoms with E-state index in [2.05, 4.69) is 5.32 Å². The van der Waals surface area contributed by atoms with Crippen molar-refractivity contribution in [1.29, 1.82) is 0 Å². The molecule has 0 saturated carbocycles. The second kappa shape index (κ2) is 10.3. The fourth-order valence-electron chi connectivity index (χ4n) is 3.35. The van der Waals surface area contributed by atoms with Crippen LogP contribution in [0.3, 0.4) is 0 Å². The molecule has 2 aromatic carbocycles. The predicted octanol–water partition coefficient (Wildman–Crippen LogP) is 6.04. The number of rotatable bonds is 6. The molecule has 6 nitrogen and oxygen atoms in total. The largest absolute Gasteiger partial charge is 0.507 e. The first-order valence-corrected chi connectivity index (χ1v) is 10.5. The summed E-state index contributed by atoms with van der Waals surface area (Å²) in [5.74, 6) is -2.05. The van der Waals surface area contributed by atoms with E-state index in [9.17, 15) is 32.3 Å². The van der Waals surface area contributed by atoms with Gasteiger partial charge in [-0.3, -0.25) is 4.79 Å². The maximum atomic E-state index is 13.7. The van der Waals surface area contributed by atoms with Gasteiger partial charge in [0.15, 0.2) is 0 Å². The maximum absolute atomic E-state index is 13.7. The number of phenolic OH excluding ortho intramolecular Hbond substituents is 1. The van der Waals surface area contributed by atoms with Crippen LogP contribution in [0.2, 0.25) is 0 Å². The summed E-state index contributed by atoms with van der Waals surface area (Å²) in [6.07, 6.45) is -6.20. The van der Waals surface area contributed by atoms with E-state index in [0.717, 1.165) is 24.3 Å². The van der Waals surface area contributed by atoms with E-state index >= 15 is 0 Å². The fourth-order valence-corrected chi connectivity index (χ4v) is 3.35. The van der Waals surface area contributed by atoms with Crippen molar-refractivity contribution < 1.29 is 41.7 Å². The van der Waals surface area contributed by atoms with E-state index in [0.29, 0.717) is 0 Å². The first kappa shape index (κ1) is 26.9. The summed E-state index contributed by atoms with van der Waals surface area (Å²) in [5.41, 5.74) is -1.94. The lowest BCUT2D eigenvalue weighted by atomic mass is 9.92. The molecule has 10 heteroatoms. The number of alkyl halides is 3. The number of esters is 1. The van der Waals surface area contributed by atoms with E-state index in [1.807, 2.05) is 0 Å². The Morgan fingerprint density at radius 3 is 2.26 bits per heavy atom. The van der Waals surface area contributed by atoms with E-state index in [-0.39, 0.29) is 28.9 Å². The van der Waals surface area contributed by atoms with Gasteiger partial charge in [0.05, 0.1) is 24.6 Å². The zero-order valence-corrected chi connectivity index (χ0v) is 19.5. The van der Waals surface area contributed by atoms with E-state index in [1.165, 1.54) is 13.0 Å². The first-order valence-electron chi connectivity index (χ1n) is 10.5. The van der Waals surface area contributed by atoms with Crippen molar-refractivity contribution in [3.8, 4) is 16.9 Å². The van der Waals surface area contributed by atoms with Crippen molar-refractivity contribution in [2.75, 3.05) is 6.61 Å². The molecule has 186 valence electrons. The van der Waals surface area contributed by atoms with Crippen molar-refractivity contribution in [2.24, 2.45) is 0 Å². The number of alkyl carbamates (subject to hydrolysis) is 1. The smallest absolute Gasteiger partial charge is 0.416 e. The lowest BCUT2D eigenvalue weighted by molar-refractivity contribution is -0.143. The third-order valence-electron chi connectivity index (χ3n) is 4.62. The van der Waals surface area contributed by atoms with Crippen LogP contribution in [0.15, 0.2) is 30.3 Å². The number of carbonyl (C=O) groups is 2. The number of hydrogen-bond acceptors (Lipinski definition) is 5. The van der Waals surface area contributed by atoms with Crippen molar-refractivity contribution in [1.82, 2.24) is 5.32 Å². The number of benzene rings is 2. The van der Waals surface area contributed by atoms with Gasteiger partial charge in [-0.25, -0.2) is 9.18 Å². The second-order valence-corrected chi connectivity index (χ2v) is 8.67. The quantitative estimate of drug-likeness (QED) is 0.385. The Balaban J connectivity index is 2.65. The number of hydrogen-bond donors (Lipinski definition) is 2. The third-order valence-corrected chi connectivity index (χ3v) is 4.62. The van der Waals surface area contributed by atoms with Gasteiger partial charge in [-0.05, 0) is 75.6 Å². The molecule has 1 atom stereocenters. The summed E-state index contributed by atoms with van der Waals surface area (Å²) in [5, 5.41) is 12.7. The maximum Gasteiger partial charge on any atom is 0.416 e. The van der Waals surface area contributed by atoms with Crippen LogP contribution in [0.25, 0.3) is 11.1 Å². The molecular formula is C24H27F4NO5. The SMILES string of the molecule is CCOC(=O)C[C@H](NC(=O)OC(C)(C)C)c1cc(-c2c(C)cc(F)cc2O)cc(C(F)(F)F)c1. The average molecular weight is 485 g/mol. The highest BCUT2D eigenvalue weighted by Gasteiger charge is 2.33.